The first-order valence-corrected chi connectivity index (χ1v) is 9.53. The number of hydrogen-bond acceptors (Lipinski definition) is 5. The maximum absolute atomic E-state index is 12.5. The molecule has 142 valence electrons. The average molecular weight is 360 g/mol. The lowest BCUT2D eigenvalue weighted by Crippen LogP contribution is -2.41. The van der Waals surface area contributed by atoms with E-state index in [1.807, 2.05) is 24.0 Å². The molecule has 0 saturated carbocycles. The fourth-order valence-electron chi connectivity index (χ4n) is 3.56. The summed E-state index contributed by atoms with van der Waals surface area (Å²) in [7, 11) is 0. The van der Waals surface area contributed by atoms with E-state index in [4.69, 9.17) is 9.47 Å². The summed E-state index contributed by atoms with van der Waals surface area (Å²) < 4.78 is 10.5. The Hall–Kier alpha value is -2.08. The van der Waals surface area contributed by atoms with Gasteiger partial charge in [-0.25, -0.2) is 0 Å². The first kappa shape index (κ1) is 18.7. The maximum Gasteiger partial charge on any atom is 0.309 e. The number of carbonyl (C=O) groups excluding carboxylic acids is 2. The number of benzene rings is 1. The highest BCUT2D eigenvalue weighted by Crippen LogP contribution is 2.21. The number of ether oxygens (including phenoxy) is 2. The highest BCUT2D eigenvalue weighted by Gasteiger charge is 2.28. The molecule has 0 atom stereocenters. The summed E-state index contributed by atoms with van der Waals surface area (Å²) in [5.74, 6) is -0.0588. The largest absolute Gasteiger partial charge is 0.466 e. The minimum atomic E-state index is -0.127. The Labute approximate surface area is 155 Å². The number of amides is 1. The Morgan fingerprint density at radius 3 is 2.35 bits per heavy atom. The molecule has 0 bridgehead atoms. The number of rotatable bonds is 5. The molecule has 3 rings (SSSR count). The predicted molar refractivity (Wildman–Crippen MR) is 99.1 cm³/mol. The van der Waals surface area contributed by atoms with Gasteiger partial charge in [0.1, 0.15) is 0 Å². The number of esters is 1. The van der Waals surface area contributed by atoms with E-state index in [2.05, 4.69) is 17.0 Å². The van der Waals surface area contributed by atoms with E-state index in [0.717, 1.165) is 31.9 Å². The number of piperidine rings is 1. The first-order valence-electron chi connectivity index (χ1n) is 9.53. The van der Waals surface area contributed by atoms with Crippen molar-refractivity contribution in [2.75, 3.05) is 50.9 Å². The van der Waals surface area contributed by atoms with Crippen molar-refractivity contribution in [1.82, 2.24) is 4.90 Å². The van der Waals surface area contributed by atoms with Crippen molar-refractivity contribution in [3.8, 4) is 0 Å². The van der Waals surface area contributed by atoms with Gasteiger partial charge in [0.2, 0.25) is 5.91 Å². The Morgan fingerprint density at radius 1 is 1.08 bits per heavy atom. The van der Waals surface area contributed by atoms with E-state index in [-0.39, 0.29) is 17.8 Å². The first-order chi connectivity index (χ1) is 12.7. The molecule has 2 fully saturated rings. The van der Waals surface area contributed by atoms with Gasteiger partial charge in [-0.1, -0.05) is 12.1 Å². The standard InChI is InChI=1S/C20H28N2O4/c1-2-26-20(24)17-7-9-22(10-8-17)19(23)15-16-3-5-18(6-4-16)21-11-13-25-14-12-21/h3-6,17H,2,7-15H2,1H3. The Morgan fingerprint density at radius 2 is 1.73 bits per heavy atom. The third-order valence-electron chi connectivity index (χ3n) is 5.14. The minimum Gasteiger partial charge on any atom is -0.466 e. The molecule has 0 spiro atoms. The van der Waals surface area contributed by atoms with Crippen molar-refractivity contribution in [2.45, 2.75) is 26.2 Å². The molecule has 2 aliphatic heterocycles. The highest BCUT2D eigenvalue weighted by atomic mass is 16.5. The molecule has 6 heteroatoms. The van der Waals surface area contributed by atoms with Gasteiger partial charge in [0.15, 0.2) is 0 Å². The Balaban J connectivity index is 1.48. The predicted octanol–water partition coefficient (Wildman–Crippen LogP) is 1.87. The number of hydrogen-bond donors (Lipinski definition) is 0. The molecule has 0 N–H and O–H groups in total. The molecule has 0 unspecified atom stereocenters. The zero-order chi connectivity index (χ0) is 18.4. The van der Waals surface area contributed by atoms with Crippen LogP contribution in [-0.4, -0.2) is 62.8 Å². The topological polar surface area (TPSA) is 59.1 Å². The van der Waals surface area contributed by atoms with Gasteiger partial charge in [-0.05, 0) is 37.5 Å². The highest BCUT2D eigenvalue weighted by molar-refractivity contribution is 5.79. The average Bonchev–Trinajstić information content (AvgIpc) is 2.69. The normalized spacial score (nSPS) is 18.7. The quantitative estimate of drug-likeness (QED) is 0.750. The summed E-state index contributed by atoms with van der Waals surface area (Å²) in [5.41, 5.74) is 2.21. The number of carbonyl (C=O) groups is 2. The van der Waals surface area contributed by atoms with E-state index in [0.29, 0.717) is 39.0 Å². The van der Waals surface area contributed by atoms with E-state index >= 15 is 0 Å². The molecule has 2 saturated heterocycles. The molecule has 0 aliphatic carbocycles. The second-order valence-electron chi connectivity index (χ2n) is 6.85. The molecule has 1 amide bonds. The van der Waals surface area contributed by atoms with Gasteiger partial charge < -0.3 is 19.3 Å². The minimum absolute atomic E-state index is 0.0631. The van der Waals surface area contributed by atoms with Crippen LogP contribution < -0.4 is 4.90 Å². The second kappa shape index (κ2) is 9.03. The Kier molecular flexibility index (Phi) is 6.50. The molecule has 0 aromatic heterocycles. The number of nitrogens with zero attached hydrogens (tertiary/aromatic N) is 2. The molecule has 1 aromatic rings. The molecular formula is C20H28N2O4. The van der Waals surface area contributed by atoms with Crippen molar-refractivity contribution >= 4 is 17.6 Å². The SMILES string of the molecule is CCOC(=O)C1CCN(C(=O)Cc2ccc(N3CCOCC3)cc2)CC1. The van der Waals surface area contributed by atoms with Crippen LogP contribution in [-0.2, 0) is 25.5 Å². The van der Waals surface area contributed by atoms with E-state index < -0.39 is 0 Å². The maximum atomic E-state index is 12.5. The van der Waals surface area contributed by atoms with Crippen LogP contribution in [0.15, 0.2) is 24.3 Å². The summed E-state index contributed by atoms with van der Waals surface area (Å²) in [5, 5.41) is 0. The molecule has 6 nitrogen and oxygen atoms in total. The van der Waals surface area contributed by atoms with Crippen LogP contribution in [0.5, 0.6) is 0 Å². The third kappa shape index (κ3) is 4.75. The van der Waals surface area contributed by atoms with Gasteiger partial charge in [-0.2, -0.15) is 0 Å². The summed E-state index contributed by atoms with van der Waals surface area (Å²) in [6.45, 7) is 6.85. The molecule has 26 heavy (non-hydrogen) atoms. The number of morpholine rings is 1. The van der Waals surface area contributed by atoms with Crippen molar-refractivity contribution < 1.29 is 19.1 Å². The van der Waals surface area contributed by atoms with Crippen LogP contribution in [0.3, 0.4) is 0 Å². The van der Waals surface area contributed by atoms with Crippen molar-refractivity contribution in [1.29, 1.82) is 0 Å². The lowest BCUT2D eigenvalue weighted by atomic mass is 9.96. The zero-order valence-corrected chi connectivity index (χ0v) is 15.5. The molecule has 0 radical (unpaired) electrons. The van der Waals surface area contributed by atoms with E-state index in [1.54, 1.807) is 0 Å². The number of anilines is 1. The van der Waals surface area contributed by atoms with Crippen molar-refractivity contribution in [2.24, 2.45) is 5.92 Å². The van der Waals surface area contributed by atoms with Gasteiger partial charge in [0.05, 0.1) is 32.2 Å². The van der Waals surface area contributed by atoms with Gasteiger partial charge in [-0.3, -0.25) is 9.59 Å². The fraction of sp³-hybridized carbons (Fsp3) is 0.600. The monoisotopic (exact) mass is 360 g/mol. The van der Waals surface area contributed by atoms with Gasteiger partial charge >= 0.3 is 5.97 Å². The Bertz CT molecular complexity index is 603. The van der Waals surface area contributed by atoms with Crippen molar-refractivity contribution in [3.05, 3.63) is 29.8 Å². The van der Waals surface area contributed by atoms with Gasteiger partial charge in [0, 0.05) is 31.9 Å². The fourth-order valence-corrected chi connectivity index (χ4v) is 3.56. The summed E-state index contributed by atoms with van der Waals surface area (Å²) in [6, 6.07) is 8.24. The molecular weight excluding hydrogens is 332 g/mol. The van der Waals surface area contributed by atoms with Crippen LogP contribution in [0.4, 0.5) is 5.69 Å². The zero-order valence-electron chi connectivity index (χ0n) is 15.5. The van der Waals surface area contributed by atoms with E-state index in [9.17, 15) is 9.59 Å². The molecule has 1 aromatic carbocycles. The molecule has 2 heterocycles. The van der Waals surface area contributed by atoms with Crippen LogP contribution in [0.25, 0.3) is 0 Å². The van der Waals surface area contributed by atoms with Crippen molar-refractivity contribution in [3.63, 3.8) is 0 Å². The van der Waals surface area contributed by atoms with Crippen LogP contribution >= 0.6 is 0 Å². The van der Waals surface area contributed by atoms with Crippen LogP contribution in [0.2, 0.25) is 0 Å². The lowest BCUT2D eigenvalue weighted by molar-refractivity contribution is -0.151. The van der Waals surface area contributed by atoms with E-state index in [1.165, 1.54) is 5.69 Å². The smallest absolute Gasteiger partial charge is 0.309 e. The summed E-state index contributed by atoms with van der Waals surface area (Å²) in [6.07, 6.45) is 1.80. The third-order valence-corrected chi connectivity index (χ3v) is 5.14. The second-order valence-corrected chi connectivity index (χ2v) is 6.85. The summed E-state index contributed by atoms with van der Waals surface area (Å²) in [4.78, 5) is 28.5. The lowest BCUT2D eigenvalue weighted by Gasteiger charge is -2.31. The molecule has 2 aliphatic rings. The number of likely N-dealkylation sites (tertiary alicyclic amines) is 1. The van der Waals surface area contributed by atoms with Crippen LogP contribution in [0, 0.1) is 5.92 Å². The van der Waals surface area contributed by atoms with Crippen LogP contribution in [0.1, 0.15) is 25.3 Å². The van der Waals surface area contributed by atoms with Gasteiger partial charge in [0.25, 0.3) is 0 Å². The summed E-state index contributed by atoms with van der Waals surface area (Å²) >= 11 is 0. The van der Waals surface area contributed by atoms with Gasteiger partial charge in [-0.15, -0.1) is 0 Å².